The van der Waals surface area contributed by atoms with Crippen molar-refractivity contribution >= 4 is 44.7 Å². The van der Waals surface area contributed by atoms with Crippen LogP contribution >= 0.6 is 22.9 Å². The van der Waals surface area contributed by atoms with E-state index in [1.54, 1.807) is 17.7 Å². The fourth-order valence-electron chi connectivity index (χ4n) is 2.95. The lowest BCUT2D eigenvalue weighted by Gasteiger charge is -2.10. The Kier molecular flexibility index (Phi) is 4.15. The molecular formula is C20H16ClN3S. The number of aromatic nitrogens is 2. The Morgan fingerprint density at radius 1 is 0.960 bits per heavy atom. The zero-order valence-corrected chi connectivity index (χ0v) is 15.4. The molecule has 0 aliphatic rings. The minimum atomic E-state index is 0.713. The summed E-state index contributed by atoms with van der Waals surface area (Å²) >= 11 is 7.61. The molecule has 0 saturated carbocycles. The Bertz CT molecular complexity index is 1050. The molecule has 0 spiro atoms. The van der Waals surface area contributed by atoms with Crippen molar-refractivity contribution in [3.63, 3.8) is 0 Å². The van der Waals surface area contributed by atoms with Gasteiger partial charge in [-0.25, -0.2) is 9.97 Å². The summed E-state index contributed by atoms with van der Waals surface area (Å²) in [6.45, 7) is 4.25. The molecule has 2 aromatic carbocycles. The molecule has 0 saturated heterocycles. The van der Waals surface area contributed by atoms with Gasteiger partial charge in [-0.2, -0.15) is 0 Å². The normalized spacial score (nSPS) is 11.0. The van der Waals surface area contributed by atoms with Gasteiger partial charge in [-0.05, 0) is 49.2 Å². The van der Waals surface area contributed by atoms with Gasteiger partial charge in [0.25, 0.3) is 0 Å². The minimum Gasteiger partial charge on any atom is -0.340 e. The van der Waals surface area contributed by atoms with Gasteiger partial charge >= 0.3 is 0 Å². The third kappa shape index (κ3) is 3.11. The first kappa shape index (κ1) is 16.1. The van der Waals surface area contributed by atoms with E-state index in [9.17, 15) is 0 Å². The van der Waals surface area contributed by atoms with Crippen LogP contribution in [0.4, 0.5) is 11.5 Å². The van der Waals surface area contributed by atoms with Crippen LogP contribution in [0, 0.1) is 13.8 Å². The van der Waals surface area contributed by atoms with Crippen molar-refractivity contribution in [3.05, 3.63) is 70.3 Å². The maximum Gasteiger partial charge on any atom is 0.143 e. The van der Waals surface area contributed by atoms with Crippen molar-refractivity contribution in [2.45, 2.75) is 13.8 Å². The predicted molar refractivity (Wildman–Crippen MR) is 107 cm³/mol. The summed E-state index contributed by atoms with van der Waals surface area (Å²) in [7, 11) is 0. The van der Waals surface area contributed by atoms with Crippen LogP contribution in [0.5, 0.6) is 0 Å². The molecule has 0 bridgehead atoms. The number of hydrogen-bond acceptors (Lipinski definition) is 4. The minimum absolute atomic E-state index is 0.713. The summed E-state index contributed by atoms with van der Waals surface area (Å²) in [6, 6.07) is 14.1. The quantitative estimate of drug-likeness (QED) is 0.458. The van der Waals surface area contributed by atoms with Crippen LogP contribution in [-0.2, 0) is 0 Å². The van der Waals surface area contributed by atoms with Gasteiger partial charge < -0.3 is 5.32 Å². The standard InChI is InChI=1S/C20H16ClN3S/c1-12-3-8-16(13(2)9-12)17-10-25-20-18(17)19(22-11-23-20)24-15-6-4-14(21)5-7-15/h3-11H,1-2H3,(H,22,23,24). The topological polar surface area (TPSA) is 37.8 Å². The van der Waals surface area contributed by atoms with Crippen molar-refractivity contribution in [2.24, 2.45) is 0 Å². The molecule has 0 aliphatic carbocycles. The molecule has 124 valence electrons. The number of halogens is 1. The van der Waals surface area contributed by atoms with E-state index in [-0.39, 0.29) is 0 Å². The summed E-state index contributed by atoms with van der Waals surface area (Å²) in [5, 5.41) is 7.32. The molecule has 4 aromatic rings. The van der Waals surface area contributed by atoms with E-state index in [0.717, 1.165) is 27.3 Å². The molecule has 2 aromatic heterocycles. The maximum atomic E-state index is 5.98. The molecule has 0 amide bonds. The van der Waals surface area contributed by atoms with Crippen molar-refractivity contribution in [1.82, 2.24) is 9.97 Å². The average Bonchev–Trinajstić information content (AvgIpc) is 3.02. The van der Waals surface area contributed by atoms with Crippen LogP contribution in [0.2, 0.25) is 5.02 Å². The Morgan fingerprint density at radius 3 is 2.52 bits per heavy atom. The third-order valence-corrected chi connectivity index (χ3v) is 5.29. The number of hydrogen-bond donors (Lipinski definition) is 1. The molecule has 0 aliphatic heterocycles. The van der Waals surface area contributed by atoms with Gasteiger partial charge in [0.15, 0.2) is 0 Å². The lowest BCUT2D eigenvalue weighted by molar-refractivity contribution is 1.23. The van der Waals surface area contributed by atoms with E-state index in [4.69, 9.17) is 11.6 Å². The summed E-state index contributed by atoms with van der Waals surface area (Å²) in [5.41, 5.74) is 5.83. The molecule has 3 nitrogen and oxygen atoms in total. The monoisotopic (exact) mass is 365 g/mol. The fourth-order valence-corrected chi connectivity index (χ4v) is 3.99. The van der Waals surface area contributed by atoms with Gasteiger partial charge in [0, 0.05) is 21.7 Å². The zero-order valence-electron chi connectivity index (χ0n) is 13.9. The van der Waals surface area contributed by atoms with Gasteiger partial charge in [0.05, 0.1) is 5.39 Å². The van der Waals surface area contributed by atoms with Crippen LogP contribution in [0.15, 0.2) is 54.2 Å². The van der Waals surface area contributed by atoms with E-state index in [1.165, 1.54) is 16.7 Å². The van der Waals surface area contributed by atoms with E-state index >= 15 is 0 Å². The second-order valence-corrected chi connectivity index (χ2v) is 7.30. The highest BCUT2D eigenvalue weighted by Gasteiger charge is 2.14. The smallest absolute Gasteiger partial charge is 0.143 e. The highest BCUT2D eigenvalue weighted by Crippen LogP contribution is 2.38. The van der Waals surface area contributed by atoms with Crippen molar-refractivity contribution in [1.29, 1.82) is 0 Å². The fraction of sp³-hybridized carbons (Fsp3) is 0.100. The number of aryl methyl sites for hydroxylation is 2. The summed E-state index contributed by atoms with van der Waals surface area (Å²) in [4.78, 5) is 9.89. The molecule has 5 heteroatoms. The van der Waals surface area contributed by atoms with E-state index in [2.05, 4.69) is 52.7 Å². The summed E-state index contributed by atoms with van der Waals surface area (Å²) in [5.74, 6) is 0.809. The van der Waals surface area contributed by atoms with Gasteiger partial charge in [-0.15, -0.1) is 11.3 Å². The maximum absolute atomic E-state index is 5.98. The second-order valence-electron chi connectivity index (χ2n) is 6.00. The largest absolute Gasteiger partial charge is 0.340 e. The van der Waals surface area contributed by atoms with Gasteiger partial charge in [-0.3, -0.25) is 0 Å². The molecule has 0 unspecified atom stereocenters. The Balaban J connectivity index is 1.85. The number of benzene rings is 2. The lowest BCUT2D eigenvalue weighted by Crippen LogP contribution is -1.95. The summed E-state index contributed by atoms with van der Waals surface area (Å²) < 4.78 is 0. The molecule has 0 fully saturated rings. The number of nitrogens with zero attached hydrogens (tertiary/aromatic N) is 2. The van der Waals surface area contributed by atoms with E-state index in [0.29, 0.717) is 5.02 Å². The number of thiophene rings is 1. The third-order valence-electron chi connectivity index (χ3n) is 4.15. The van der Waals surface area contributed by atoms with Crippen LogP contribution < -0.4 is 5.32 Å². The van der Waals surface area contributed by atoms with E-state index < -0.39 is 0 Å². The second kappa shape index (κ2) is 6.47. The van der Waals surface area contributed by atoms with Crippen molar-refractivity contribution in [2.75, 3.05) is 5.32 Å². The van der Waals surface area contributed by atoms with Crippen LogP contribution in [0.1, 0.15) is 11.1 Å². The first-order chi connectivity index (χ1) is 12.1. The highest BCUT2D eigenvalue weighted by atomic mass is 35.5. The van der Waals surface area contributed by atoms with Crippen molar-refractivity contribution < 1.29 is 0 Å². The molecule has 4 rings (SSSR count). The molecule has 0 atom stereocenters. The predicted octanol–water partition coefficient (Wildman–Crippen LogP) is 6.37. The first-order valence-electron chi connectivity index (χ1n) is 7.94. The molecule has 0 radical (unpaired) electrons. The van der Waals surface area contributed by atoms with Gasteiger partial charge in [-0.1, -0.05) is 35.4 Å². The SMILES string of the molecule is Cc1ccc(-c2csc3ncnc(Nc4ccc(Cl)cc4)c23)c(C)c1. The Labute approximate surface area is 155 Å². The van der Waals surface area contributed by atoms with Crippen LogP contribution in [0.3, 0.4) is 0 Å². The van der Waals surface area contributed by atoms with Gasteiger partial charge in [0.2, 0.25) is 0 Å². The highest BCUT2D eigenvalue weighted by molar-refractivity contribution is 7.17. The first-order valence-corrected chi connectivity index (χ1v) is 9.20. The Morgan fingerprint density at radius 2 is 1.76 bits per heavy atom. The number of fused-ring (bicyclic) bond motifs is 1. The molecule has 25 heavy (non-hydrogen) atoms. The van der Waals surface area contributed by atoms with Crippen LogP contribution in [0.25, 0.3) is 21.3 Å². The number of nitrogens with one attached hydrogen (secondary N) is 1. The molecule has 1 N–H and O–H groups in total. The average molecular weight is 366 g/mol. The van der Waals surface area contributed by atoms with Crippen LogP contribution in [-0.4, -0.2) is 9.97 Å². The van der Waals surface area contributed by atoms with Crippen molar-refractivity contribution in [3.8, 4) is 11.1 Å². The van der Waals surface area contributed by atoms with E-state index in [1.807, 2.05) is 24.3 Å². The molecule has 2 heterocycles. The Hall–Kier alpha value is -2.43. The zero-order chi connectivity index (χ0) is 17.4. The number of rotatable bonds is 3. The summed E-state index contributed by atoms with van der Waals surface area (Å²) in [6.07, 6.45) is 1.60. The van der Waals surface area contributed by atoms with Gasteiger partial charge in [0.1, 0.15) is 17.0 Å². The number of anilines is 2. The lowest BCUT2D eigenvalue weighted by atomic mass is 9.99. The molecular weight excluding hydrogens is 350 g/mol.